The van der Waals surface area contributed by atoms with E-state index in [-0.39, 0.29) is 5.78 Å². The summed E-state index contributed by atoms with van der Waals surface area (Å²) in [7, 11) is 5.19. The van der Waals surface area contributed by atoms with Gasteiger partial charge in [0.25, 0.3) is 0 Å². The van der Waals surface area contributed by atoms with Crippen LogP contribution in [-0.2, 0) is 4.79 Å². The molecular formula is C16H20ClN3O3. The van der Waals surface area contributed by atoms with Crippen molar-refractivity contribution in [2.24, 2.45) is 4.99 Å². The first kappa shape index (κ1) is 16.1. The number of hydrogen-bond donors (Lipinski definition) is 0. The Morgan fingerprint density at radius 3 is 2.35 bits per heavy atom. The number of halogens is 1. The Bertz CT molecular complexity index is 654. The number of piperazine rings is 1. The zero-order valence-electron chi connectivity index (χ0n) is 13.5. The lowest BCUT2D eigenvalue weighted by atomic mass is 10.0. The van der Waals surface area contributed by atoms with Gasteiger partial charge in [-0.3, -0.25) is 4.79 Å². The molecule has 1 aromatic carbocycles. The van der Waals surface area contributed by atoms with E-state index < -0.39 is 5.38 Å². The summed E-state index contributed by atoms with van der Waals surface area (Å²) in [5, 5.41) is -0.753. The van der Waals surface area contributed by atoms with E-state index in [1.165, 1.54) is 0 Å². The predicted molar refractivity (Wildman–Crippen MR) is 89.3 cm³/mol. The van der Waals surface area contributed by atoms with Crippen LogP contribution in [-0.4, -0.2) is 68.9 Å². The molecule has 0 saturated carbocycles. The van der Waals surface area contributed by atoms with Crippen molar-refractivity contribution >= 4 is 28.9 Å². The van der Waals surface area contributed by atoms with Crippen molar-refractivity contribution in [1.82, 2.24) is 9.80 Å². The Balaban J connectivity index is 2.00. The smallest absolute Gasteiger partial charge is 0.220 e. The van der Waals surface area contributed by atoms with E-state index in [0.29, 0.717) is 28.6 Å². The fourth-order valence-corrected chi connectivity index (χ4v) is 3.12. The summed E-state index contributed by atoms with van der Waals surface area (Å²) in [6.07, 6.45) is 0. The minimum atomic E-state index is -0.753. The highest BCUT2D eigenvalue weighted by molar-refractivity contribution is 6.51. The number of Topliss-reactive ketones (excluding diaryl/α,β-unsaturated/α-hetero) is 1. The Kier molecular flexibility index (Phi) is 4.46. The first-order valence-electron chi connectivity index (χ1n) is 7.51. The van der Waals surface area contributed by atoms with Gasteiger partial charge in [-0.25, -0.2) is 4.99 Å². The van der Waals surface area contributed by atoms with Gasteiger partial charge in [-0.05, 0) is 13.1 Å². The molecule has 1 atom stereocenters. The number of nitrogens with zero attached hydrogens (tertiary/aromatic N) is 3. The lowest BCUT2D eigenvalue weighted by Crippen LogP contribution is -2.50. The number of benzene rings is 1. The van der Waals surface area contributed by atoms with Gasteiger partial charge >= 0.3 is 0 Å². The molecule has 1 unspecified atom stereocenters. The number of ketones is 1. The summed E-state index contributed by atoms with van der Waals surface area (Å²) in [4.78, 5) is 21.4. The van der Waals surface area contributed by atoms with E-state index in [9.17, 15) is 4.79 Å². The molecule has 0 N–H and O–H groups in total. The summed E-state index contributed by atoms with van der Waals surface area (Å²) in [6, 6.07) is 3.50. The van der Waals surface area contributed by atoms with Crippen LogP contribution in [0.4, 0.5) is 5.69 Å². The molecule has 3 rings (SSSR count). The van der Waals surface area contributed by atoms with Crippen molar-refractivity contribution in [2.75, 3.05) is 47.4 Å². The molecule has 2 heterocycles. The summed E-state index contributed by atoms with van der Waals surface area (Å²) in [6.45, 7) is 3.34. The van der Waals surface area contributed by atoms with E-state index in [4.69, 9.17) is 21.1 Å². The SMILES string of the molecule is COc1cc2c(cc1OC)C(Cl)C(=O)C(N1CCN(C)CC1)=N2. The van der Waals surface area contributed by atoms with E-state index in [2.05, 4.69) is 16.9 Å². The van der Waals surface area contributed by atoms with Crippen LogP contribution in [0, 0.1) is 0 Å². The molecule has 0 bridgehead atoms. The number of aliphatic imine (C=N–C) groups is 1. The van der Waals surface area contributed by atoms with Crippen molar-refractivity contribution < 1.29 is 14.3 Å². The molecule has 1 saturated heterocycles. The Morgan fingerprint density at radius 2 is 1.74 bits per heavy atom. The van der Waals surface area contributed by atoms with Crippen molar-refractivity contribution in [3.8, 4) is 11.5 Å². The van der Waals surface area contributed by atoms with Gasteiger partial charge in [0.2, 0.25) is 5.78 Å². The molecule has 0 aliphatic carbocycles. The standard InChI is InChI=1S/C16H20ClN3O3/c1-19-4-6-20(7-5-19)16-15(21)14(17)10-8-12(22-2)13(23-3)9-11(10)18-16/h8-9,14H,4-7H2,1-3H3. The van der Waals surface area contributed by atoms with Crippen LogP contribution in [0.15, 0.2) is 17.1 Å². The number of carbonyl (C=O) groups excluding carboxylic acids is 1. The molecule has 1 fully saturated rings. The summed E-state index contributed by atoms with van der Waals surface area (Å²) >= 11 is 6.40. The third kappa shape index (κ3) is 2.88. The molecule has 0 spiro atoms. The fourth-order valence-electron chi connectivity index (χ4n) is 2.85. The van der Waals surface area contributed by atoms with Crippen LogP contribution in [0.2, 0.25) is 0 Å². The highest BCUT2D eigenvalue weighted by atomic mass is 35.5. The van der Waals surface area contributed by atoms with Crippen molar-refractivity contribution in [3.05, 3.63) is 17.7 Å². The number of alkyl halides is 1. The third-order valence-corrected chi connectivity index (χ3v) is 4.72. The van der Waals surface area contributed by atoms with Gasteiger partial charge in [-0.2, -0.15) is 0 Å². The van der Waals surface area contributed by atoms with E-state index >= 15 is 0 Å². The molecule has 0 radical (unpaired) electrons. The maximum atomic E-state index is 12.6. The van der Waals surface area contributed by atoms with Gasteiger partial charge in [0, 0.05) is 37.8 Å². The normalized spacial score (nSPS) is 21.7. The first-order chi connectivity index (χ1) is 11.0. The number of hydrogen-bond acceptors (Lipinski definition) is 6. The number of rotatable bonds is 2. The van der Waals surface area contributed by atoms with Gasteiger partial charge in [-0.15, -0.1) is 11.6 Å². The molecule has 0 aromatic heterocycles. The average molecular weight is 338 g/mol. The Hall–Kier alpha value is -1.79. The third-order valence-electron chi connectivity index (χ3n) is 4.29. The minimum absolute atomic E-state index is 0.157. The molecule has 6 nitrogen and oxygen atoms in total. The number of amidine groups is 1. The molecule has 7 heteroatoms. The predicted octanol–water partition coefficient (Wildman–Crippen LogP) is 1.84. The molecule has 23 heavy (non-hydrogen) atoms. The van der Waals surface area contributed by atoms with Crippen molar-refractivity contribution in [1.29, 1.82) is 0 Å². The van der Waals surface area contributed by atoms with E-state index in [0.717, 1.165) is 26.2 Å². The summed E-state index contributed by atoms with van der Waals surface area (Å²) in [5.74, 6) is 1.41. The zero-order valence-corrected chi connectivity index (χ0v) is 14.3. The monoisotopic (exact) mass is 337 g/mol. The lowest BCUT2D eigenvalue weighted by molar-refractivity contribution is -0.113. The number of fused-ring (bicyclic) bond motifs is 1. The van der Waals surface area contributed by atoms with Gasteiger partial charge in [0.05, 0.1) is 19.9 Å². The van der Waals surface area contributed by atoms with E-state index in [1.54, 1.807) is 26.4 Å². The van der Waals surface area contributed by atoms with E-state index in [1.807, 2.05) is 4.90 Å². The van der Waals surface area contributed by atoms with Gasteiger partial charge in [-0.1, -0.05) is 0 Å². The van der Waals surface area contributed by atoms with Crippen LogP contribution < -0.4 is 9.47 Å². The molecule has 0 amide bonds. The minimum Gasteiger partial charge on any atom is -0.493 e. The van der Waals surface area contributed by atoms with Crippen LogP contribution in [0.25, 0.3) is 0 Å². The average Bonchev–Trinajstić information content (AvgIpc) is 2.58. The molecular weight excluding hydrogens is 318 g/mol. The largest absolute Gasteiger partial charge is 0.493 e. The topological polar surface area (TPSA) is 54.4 Å². The fraction of sp³-hybridized carbons (Fsp3) is 0.500. The molecule has 2 aliphatic rings. The Labute approximate surface area is 140 Å². The van der Waals surface area contributed by atoms with Crippen LogP contribution in [0.1, 0.15) is 10.9 Å². The van der Waals surface area contributed by atoms with Crippen LogP contribution in [0.3, 0.4) is 0 Å². The maximum Gasteiger partial charge on any atom is 0.220 e. The van der Waals surface area contributed by atoms with Crippen LogP contribution >= 0.6 is 11.6 Å². The number of likely N-dealkylation sites (N-methyl/N-ethyl adjacent to an activating group) is 1. The highest BCUT2D eigenvalue weighted by Crippen LogP contribution is 2.42. The highest BCUT2D eigenvalue weighted by Gasteiger charge is 2.34. The van der Waals surface area contributed by atoms with Gasteiger partial charge < -0.3 is 19.3 Å². The molecule has 1 aromatic rings. The number of carbonyl (C=O) groups is 1. The summed E-state index contributed by atoms with van der Waals surface area (Å²) in [5.41, 5.74) is 1.32. The second-order valence-electron chi connectivity index (χ2n) is 5.72. The second kappa shape index (κ2) is 6.37. The molecule has 2 aliphatic heterocycles. The maximum absolute atomic E-state index is 12.6. The number of ether oxygens (including phenoxy) is 2. The molecule has 124 valence electrons. The zero-order chi connectivity index (χ0) is 16.6. The lowest BCUT2D eigenvalue weighted by Gasteiger charge is -2.35. The van der Waals surface area contributed by atoms with Crippen molar-refractivity contribution in [3.63, 3.8) is 0 Å². The van der Waals surface area contributed by atoms with Gasteiger partial charge in [0.15, 0.2) is 17.3 Å². The second-order valence-corrected chi connectivity index (χ2v) is 6.15. The number of methoxy groups -OCH3 is 2. The first-order valence-corrected chi connectivity index (χ1v) is 7.95. The Morgan fingerprint density at radius 1 is 1.13 bits per heavy atom. The summed E-state index contributed by atoms with van der Waals surface area (Å²) < 4.78 is 10.6. The quantitative estimate of drug-likeness (QED) is 0.771. The van der Waals surface area contributed by atoms with Gasteiger partial charge in [0.1, 0.15) is 5.38 Å². The van der Waals surface area contributed by atoms with Crippen molar-refractivity contribution in [2.45, 2.75) is 5.38 Å². The van der Waals surface area contributed by atoms with Crippen LogP contribution in [0.5, 0.6) is 11.5 Å².